The van der Waals surface area contributed by atoms with Crippen LogP contribution in [0.25, 0.3) is 5.76 Å². The average Bonchev–Trinajstić information content (AvgIpc) is 2.14. The summed E-state index contributed by atoms with van der Waals surface area (Å²) in [6.45, 7) is 3.05. The van der Waals surface area contributed by atoms with Crippen LogP contribution in [0.2, 0.25) is 0 Å². The molecule has 0 N–H and O–H groups in total. The third-order valence-electron chi connectivity index (χ3n) is 1.86. The number of hydrogen-bond donors (Lipinski definition) is 0. The normalized spacial score (nSPS) is 12.3. The van der Waals surface area contributed by atoms with Crippen LogP contribution in [0.5, 0.6) is 0 Å². The van der Waals surface area contributed by atoms with Gasteiger partial charge in [-0.2, -0.15) is 8.42 Å². The van der Waals surface area contributed by atoms with E-state index >= 15 is 0 Å². The lowest BCUT2D eigenvalue weighted by molar-refractivity contribution is -0.112. The molecule has 17 heavy (non-hydrogen) atoms. The molecule has 0 heterocycles. The van der Waals surface area contributed by atoms with E-state index in [-0.39, 0.29) is 5.76 Å². The number of benzene rings is 1. The maximum absolute atomic E-state index is 12.5. The van der Waals surface area contributed by atoms with Crippen LogP contribution in [0.4, 0.5) is 3.89 Å². The Labute approximate surface area is 99.1 Å². The van der Waals surface area contributed by atoms with Crippen molar-refractivity contribution in [3.05, 3.63) is 41.5 Å². The van der Waals surface area contributed by atoms with E-state index in [1.807, 2.05) is 6.92 Å². The number of carbonyl (C=O) groups is 1. The molecule has 0 saturated carbocycles. The zero-order valence-electron chi connectivity index (χ0n) is 9.31. The van der Waals surface area contributed by atoms with Gasteiger partial charge in [-0.05, 0) is 13.8 Å². The highest BCUT2D eigenvalue weighted by molar-refractivity contribution is 7.81. The van der Waals surface area contributed by atoms with Crippen molar-refractivity contribution in [1.29, 1.82) is 0 Å². The molecule has 6 heteroatoms. The van der Waals surface area contributed by atoms with Gasteiger partial charge in [0, 0.05) is 11.6 Å². The number of carbonyl (C=O) groups excluding carboxylic acids is 1. The summed E-state index contributed by atoms with van der Waals surface area (Å²) in [4.78, 5) is 10.9. The van der Waals surface area contributed by atoms with E-state index in [2.05, 4.69) is 4.18 Å². The monoisotopic (exact) mass is 258 g/mol. The van der Waals surface area contributed by atoms with E-state index in [0.29, 0.717) is 5.56 Å². The van der Waals surface area contributed by atoms with Crippen molar-refractivity contribution in [1.82, 2.24) is 0 Å². The van der Waals surface area contributed by atoms with E-state index in [1.54, 1.807) is 12.1 Å². The zero-order chi connectivity index (χ0) is 13.1. The van der Waals surface area contributed by atoms with Gasteiger partial charge in [-0.15, -0.1) is 0 Å². The van der Waals surface area contributed by atoms with Gasteiger partial charge in [-0.3, -0.25) is 4.79 Å². The van der Waals surface area contributed by atoms with E-state index in [1.165, 1.54) is 19.1 Å². The third-order valence-corrected chi connectivity index (χ3v) is 2.24. The number of aryl methyl sites for hydroxylation is 1. The number of hydrogen-bond acceptors (Lipinski definition) is 4. The molecule has 0 bridgehead atoms. The van der Waals surface area contributed by atoms with Crippen LogP contribution in [0, 0.1) is 6.92 Å². The molecule has 0 aliphatic heterocycles. The first-order valence-corrected chi connectivity index (χ1v) is 6.02. The second-order valence-electron chi connectivity index (χ2n) is 3.46. The van der Waals surface area contributed by atoms with Crippen molar-refractivity contribution in [3.63, 3.8) is 0 Å². The molecule has 1 aromatic rings. The van der Waals surface area contributed by atoms with Crippen molar-refractivity contribution in [2.75, 3.05) is 0 Å². The summed E-state index contributed by atoms with van der Waals surface area (Å²) in [5, 5.41) is 0. The lowest BCUT2D eigenvalue weighted by atomic mass is 10.1. The number of halogens is 1. The van der Waals surface area contributed by atoms with Crippen molar-refractivity contribution >= 4 is 22.0 Å². The molecule has 1 aromatic carbocycles. The Balaban J connectivity index is 3.16. The van der Waals surface area contributed by atoms with Gasteiger partial charge >= 0.3 is 10.5 Å². The first-order valence-electron chi connectivity index (χ1n) is 4.71. The molecule has 92 valence electrons. The first-order chi connectivity index (χ1) is 7.78. The van der Waals surface area contributed by atoms with Crippen LogP contribution >= 0.6 is 0 Å². The summed E-state index contributed by atoms with van der Waals surface area (Å²) in [5.41, 5.74) is 1.26. The molecule has 0 atom stereocenters. The zero-order valence-corrected chi connectivity index (χ0v) is 10.1. The maximum atomic E-state index is 12.5. The quantitative estimate of drug-likeness (QED) is 0.471. The molecular weight excluding hydrogens is 247 g/mol. The summed E-state index contributed by atoms with van der Waals surface area (Å²) >= 11 is 0. The van der Waals surface area contributed by atoms with Crippen LogP contribution in [-0.2, 0) is 19.5 Å². The Morgan fingerprint density at radius 2 is 1.82 bits per heavy atom. The fraction of sp³-hybridized carbons (Fsp3) is 0.182. The summed E-state index contributed by atoms with van der Waals surface area (Å²) in [5.74, 6) is -0.774. The fourth-order valence-corrected chi connectivity index (χ4v) is 1.52. The van der Waals surface area contributed by atoms with E-state index in [0.717, 1.165) is 11.6 Å². The molecular formula is C11H11FO4S. The molecule has 0 spiro atoms. The van der Waals surface area contributed by atoms with Gasteiger partial charge in [0.2, 0.25) is 0 Å². The van der Waals surface area contributed by atoms with Crippen molar-refractivity contribution in [2.24, 2.45) is 0 Å². The van der Waals surface area contributed by atoms with Gasteiger partial charge < -0.3 is 4.18 Å². The maximum Gasteiger partial charge on any atom is 0.488 e. The topological polar surface area (TPSA) is 60.4 Å². The van der Waals surface area contributed by atoms with Crippen molar-refractivity contribution in [2.45, 2.75) is 13.8 Å². The van der Waals surface area contributed by atoms with Crippen LogP contribution in [0.15, 0.2) is 30.3 Å². The lowest BCUT2D eigenvalue weighted by Gasteiger charge is -2.05. The number of allylic oxidation sites excluding steroid dienone is 1. The second-order valence-corrected chi connectivity index (χ2v) is 4.41. The summed E-state index contributed by atoms with van der Waals surface area (Å²) < 4.78 is 37.4. The highest BCUT2D eigenvalue weighted by Crippen LogP contribution is 2.19. The Morgan fingerprint density at radius 3 is 2.24 bits per heavy atom. The molecule has 0 saturated heterocycles. The van der Waals surface area contributed by atoms with Crippen molar-refractivity contribution in [3.8, 4) is 0 Å². The van der Waals surface area contributed by atoms with Gasteiger partial charge in [0.25, 0.3) is 0 Å². The number of rotatable bonds is 4. The molecule has 0 radical (unpaired) electrons. The molecule has 4 nitrogen and oxygen atoms in total. The van der Waals surface area contributed by atoms with E-state index < -0.39 is 16.3 Å². The summed E-state index contributed by atoms with van der Waals surface area (Å²) in [6.07, 6.45) is 0.918. The Morgan fingerprint density at radius 1 is 1.29 bits per heavy atom. The predicted molar refractivity (Wildman–Crippen MR) is 60.9 cm³/mol. The van der Waals surface area contributed by atoms with Gasteiger partial charge in [-0.25, -0.2) is 0 Å². The minimum Gasteiger partial charge on any atom is -0.358 e. The molecule has 1 rings (SSSR count). The largest absolute Gasteiger partial charge is 0.488 e. The Bertz CT molecular complexity index is 543. The molecule has 0 aliphatic carbocycles. The average molecular weight is 258 g/mol. The fourth-order valence-electron chi connectivity index (χ4n) is 1.17. The van der Waals surface area contributed by atoms with Crippen LogP contribution in [0.1, 0.15) is 18.1 Å². The summed E-state index contributed by atoms with van der Waals surface area (Å²) in [7, 11) is -5.15. The molecule has 0 unspecified atom stereocenters. The molecule has 0 amide bonds. The predicted octanol–water partition coefficient (Wildman–Crippen LogP) is 2.16. The Kier molecular flexibility index (Phi) is 4.01. The highest BCUT2D eigenvalue weighted by atomic mass is 32.3. The van der Waals surface area contributed by atoms with Gasteiger partial charge in [0.15, 0.2) is 11.5 Å². The Hall–Kier alpha value is -1.69. The standard InChI is InChI=1S/C11H11FO4S/c1-8-3-5-10(6-4-8)11(7-9(2)13)16-17(12,14)15/h3-7H,1-2H3/b11-7-. The minimum absolute atomic E-state index is 0.312. The minimum atomic E-state index is -5.15. The van der Waals surface area contributed by atoms with Gasteiger partial charge in [-0.1, -0.05) is 33.7 Å². The SMILES string of the molecule is CC(=O)/C=C(\OS(=O)(=O)F)c1ccc(C)cc1. The van der Waals surface area contributed by atoms with Crippen LogP contribution in [-0.4, -0.2) is 14.2 Å². The molecule has 0 fully saturated rings. The number of ketones is 1. The summed E-state index contributed by atoms with van der Waals surface area (Å²) in [6, 6.07) is 6.46. The van der Waals surface area contributed by atoms with Crippen molar-refractivity contribution < 1.29 is 21.3 Å². The highest BCUT2D eigenvalue weighted by Gasteiger charge is 2.14. The van der Waals surface area contributed by atoms with Crippen LogP contribution < -0.4 is 0 Å². The third kappa shape index (κ3) is 4.78. The lowest BCUT2D eigenvalue weighted by Crippen LogP contribution is -2.00. The second kappa shape index (κ2) is 5.09. The van der Waals surface area contributed by atoms with E-state index in [9.17, 15) is 17.1 Å². The van der Waals surface area contributed by atoms with Crippen LogP contribution in [0.3, 0.4) is 0 Å². The molecule has 0 aromatic heterocycles. The molecule has 0 aliphatic rings. The van der Waals surface area contributed by atoms with Gasteiger partial charge in [0.1, 0.15) is 0 Å². The van der Waals surface area contributed by atoms with E-state index in [4.69, 9.17) is 0 Å². The smallest absolute Gasteiger partial charge is 0.358 e. The van der Waals surface area contributed by atoms with Gasteiger partial charge in [0.05, 0.1) is 0 Å². The first kappa shape index (κ1) is 13.4.